The molecule has 0 spiro atoms. The number of phenolic OH excluding ortho intramolecular Hbond substituents is 2. The molecule has 2 N–H and O–H groups in total. The van der Waals surface area contributed by atoms with E-state index in [4.69, 9.17) is 4.18 Å². The summed E-state index contributed by atoms with van der Waals surface area (Å²) in [6.07, 6.45) is 2.61. The van der Waals surface area contributed by atoms with Gasteiger partial charge in [-0.15, -0.1) is 0 Å². The third-order valence-electron chi connectivity index (χ3n) is 3.75. The fraction of sp³-hybridized carbons (Fsp3) is 0.375. The number of esters is 1. The van der Waals surface area contributed by atoms with Crippen molar-refractivity contribution in [1.82, 2.24) is 4.90 Å². The van der Waals surface area contributed by atoms with Crippen molar-refractivity contribution < 1.29 is 37.1 Å². The van der Waals surface area contributed by atoms with Crippen molar-refractivity contribution in [3.63, 3.8) is 0 Å². The first-order chi connectivity index (χ1) is 12.1. The topological polar surface area (TPSA) is 130 Å². The Morgan fingerprint density at radius 3 is 2.54 bits per heavy atom. The number of carbonyl (C=O) groups is 2. The highest BCUT2D eigenvalue weighted by Crippen LogP contribution is 2.26. The number of nitrogens with zero attached hydrogens (tertiary/aromatic N) is 1. The first kappa shape index (κ1) is 19.7. The van der Waals surface area contributed by atoms with E-state index >= 15 is 0 Å². The second kappa shape index (κ2) is 7.75. The van der Waals surface area contributed by atoms with Crippen LogP contribution < -0.4 is 0 Å². The second-order valence-electron chi connectivity index (χ2n) is 5.77. The van der Waals surface area contributed by atoms with Crippen molar-refractivity contribution in [3.8, 4) is 11.5 Å². The molecule has 2 unspecified atom stereocenters. The number of likely N-dealkylation sites (tertiary alicyclic amines) is 1. The van der Waals surface area contributed by atoms with E-state index in [9.17, 15) is 28.2 Å². The van der Waals surface area contributed by atoms with Crippen LogP contribution in [0.4, 0.5) is 0 Å². The number of rotatable bonds is 5. The molecule has 142 valence electrons. The molecule has 26 heavy (non-hydrogen) atoms. The van der Waals surface area contributed by atoms with Crippen LogP contribution in [-0.4, -0.2) is 67.5 Å². The fourth-order valence-electron chi connectivity index (χ4n) is 2.62. The number of benzene rings is 1. The van der Waals surface area contributed by atoms with Gasteiger partial charge in [-0.2, -0.15) is 8.42 Å². The van der Waals surface area contributed by atoms with Gasteiger partial charge in [-0.1, -0.05) is 6.07 Å². The molecule has 10 heteroatoms. The molecule has 0 aliphatic carbocycles. The zero-order valence-electron chi connectivity index (χ0n) is 14.2. The lowest BCUT2D eigenvalue weighted by atomic mass is 10.2. The van der Waals surface area contributed by atoms with Gasteiger partial charge in [0, 0.05) is 19.0 Å². The molecule has 2 rings (SSSR count). The number of hydrogen-bond donors (Lipinski definition) is 2. The Labute approximate surface area is 150 Å². The van der Waals surface area contributed by atoms with Crippen molar-refractivity contribution in [2.24, 2.45) is 0 Å². The average Bonchev–Trinajstić information content (AvgIpc) is 2.96. The SMILES string of the molecule is COC(=O)C1CC(OS(C)(=O)=O)CN1C(=O)/C=C/c1ccc(O)c(O)c1. The summed E-state index contributed by atoms with van der Waals surface area (Å²) < 4.78 is 32.1. The van der Waals surface area contributed by atoms with Crippen molar-refractivity contribution in [2.45, 2.75) is 18.6 Å². The summed E-state index contributed by atoms with van der Waals surface area (Å²) in [6.45, 7) is -0.0865. The first-order valence-corrected chi connectivity index (χ1v) is 9.39. The van der Waals surface area contributed by atoms with Gasteiger partial charge in [-0.05, 0) is 23.8 Å². The quantitative estimate of drug-likeness (QED) is 0.319. The van der Waals surface area contributed by atoms with Crippen LogP contribution in [0.15, 0.2) is 24.3 Å². The lowest BCUT2D eigenvalue weighted by Gasteiger charge is -2.20. The number of methoxy groups -OCH3 is 1. The minimum Gasteiger partial charge on any atom is -0.504 e. The monoisotopic (exact) mass is 385 g/mol. The molecule has 0 radical (unpaired) electrons. The molecule has 0 aromatic heterocycles. The van der Waals surface area contributed by atoms with Gasteiger partial charge in [0.05, 0.1) is 19.5 Å². The van der Waals surface area contributed by atoms with Crippen LogP contribution in [0.3, 0.4) is 0 Å². The average molecular weight is 385 g/mol. The molecule has 1 fully saturated rings. The zero-order valence-corrected chi connectivity index (χ0v) is 15.0. The van der Waals surface area contributed by atoms with E-state index in [0.29, 0.717) is 5.56 Å². The van der Waals surface area contributed by atoms with Gasteiger partial charge in [0.2, 0.25) is 5.91 Å². The number of aromatic hydroxyl groups is 2. The molecule has 9 nitrogen and oxygen atoms in total. The molecule has 1 aliphatic heterocycles. The Morgan fingerprint density at radius 2 is 1.96 bits per heavy atom. The summed E-state index contributed by atoms with van der Waals surface area (Å²) >= 11 is 0. The minimum absolute atomic E-state index is 0.000674. The molecular weight excluding hydrogens is 366 g/mol. The molecule has 1 amide bonds. The minimum atomic E-state index is -3.74. The number of amides is 1. The van der Waals surface area contributed by atoms with E-state index in [1.165, 1.54) is 42.4 Å². The van der Waals surface area contributed by atoms with Crippen LogP contribution >= 0.6 is 0 Å². The molecule has 1 heterocycles. The van der Waals surface area contributed by atoms with Gasteiger partial charge in [0.15, 0.2) is 11.5 Å². The van der Waals surface area contributed by atoms with Gasteiger partial charge in [0.1, 0.15) is 6.04 Å². The van der Waals surface area contributed by atoms with Gasteiger partial charge < -0.3 is 19.8 Å². The highest BCUT2D eigenvalue weighted by molar-refractivity contribution is 7.86. The first-order valence-electron chi connectivity index (χ1n) is 7.57. The number of hydrogen-bond acceptors (Lipinski definition) is 8. The lowest BCUT2D eigenvalue weighted by molar-refractivity contribution is -0.149. The van der Waals surface area contributed by atoms with Crippen molar-refractivity contribution in [2.75, 3.05) is 19.9 Å². The lowest BCUT2D eigenvalue weighted by Crippen LogP contribution is -2.40. The van der Waals surface area contributed by atoms with E-state index < -0.39 is 34.1 Å². The smallest absolute Gasteiger partial charge is 0.328 e. The Bertz CT molecular complexity index is 833. The van der Waals surface area contributed by atoms with E-state index in [1.807, 2.05) is 0 Å². The normalized spacial score (nSPS) is 20.5. The van der Waals surface area contributed by atoms with E-state index in [-0.39, 0.29) is 24.5 Å². The number of ether oxygens (including phenoxy) is 1. The second-order valence-corrected chi connectivity index (χ2v) is 7.37. The predicted octanol–water partition coefficient (Wildman–Crippen LogP) is 0.230. The van der Waals surface area contributed by atoms with Crippen molar-refractivity contribution in [3.05, 3.63) is 29.8 Å². The maximum absolute atomic E-state index is 12.4. The number of carbonyl (C=O) groups excluding carboxylic acids is 2. The summed E-state index contributed by atoms with van der Waals surface area (Å²) in [6, 6.07) is 3.05. The van der Waals surface area contributed by atoms with Crippen LogP contribution in [0.2, 0.25) is 0 Å². The standard InChI is InChI=1S/C16H19NO8S/c1-24-16(21)12-8-11(25-26(2,22)23)9-17(12)15(20)6-4-10-3-5-13(18)14(19)7-10/h3-7,11-12,18-19H,8-9H2,1-2H3/b6-4+. The molecule has 2 atom stereocenters. The van der Waals surface area contributed by atoms with Crippen LogP contribution in [0.1, 0.15) is 12.0 Å². The zero-order chi connectivity index (χ0) is 19.5. The van der Waals surface area contributed by atoms with E-state index in [0.717, 1.165) is 6.26 Å². The van der Waals surface area contributed by atoms with Gasteiger partial charge in [-0.3, -0.25) is 8.98 Å². The van der Waals surface area contributed by atoms with Crippen LogP contribution in [-0.2, 0) is 28.6 Å². The Morgan fingerprint density at radius 1 is 1.27 bits per heavy atom. The summed E-state index contributed by atoms with van der Waals surface area (Å²) in [5.41, 5.74) is 0.450. The van der Waals surface area contributed by atoms with Crippen LogP contribution in [0.5, 0.6) is 11.5 Å². The molecule has 1 aromatic carbocycles. The van der Waals surface area contributed by atoms with Gasteiger partial charge >= 0.3 is 5.97 Å². The molecule has 1 aliphatic rings. The summed E-state index contributed by atoms with van der Waals surface area (Å²) in [5, 5.41) is 18.7. The third-order valence-corrected chi connectivity index (χ3v) is 4.37. The predicted molar refractivity (Wildman–Crippen MR) is 90.7 cm³/mol. The maximum atomic E-state index is 12.4. The molecular formula is C16H19NO8S. The van der Waals surface area contributed by atoms with E-state index in [1.54, 1.807) is 0 Å². The van der Waals surface area contributed by atoms with Gasteiger partial charge in [-0.25, -0.2) is 4.79 Å². The highest BCUT2D eigenvalue weighted by Gasteiger charge is 2.41. The molecule has 0 saturated carbocycles. The molecule has 1 aromatic rings. The largest absolute Gasteiger partial charge is 0.504 e. The van der Waals surface area contributed by atoms with Crippen molar-refractivity contribution >= 4 is 28.1 Å². The summed E-state index contributed by atoms with van der Waals surface area (Å²) in [5.74, 6) is -1.85. The van der Waals surface area contributed by atoms with Crippen LogP contribution in [0.25, 0.3) is 6.08 Å². The maximum Gasteiger partial charge on any atom is 0.328 e. The Balaban J connectivity index is 2.16. The summed E-state index contributed by atoms with van der Waals surface area (Å²) in [7, 11) is -2.56. The Hall–Kier alpha value is -2.59. The highest BCUT2D eigenvalue weighted by atomic mass is 32.2. The summed E-state index contributed by atoms with van der Waals surface area (Å²) in [4.78, 5) is 25.5. The van der Waals surface area contributed by atoms with Gasteiger partial charge in [0.25, 0.3) is 10.1 Å². The number of phenols is 2. The Kier molecular flexibility index (Phi) is 5.88. The fourth-order valence-corrected chi connectivity index (χ4v) is 3.26. The van der Waals surface area contributed by atoms with Crippen LogP contribution in [0, 0.1) is 0 Å². The molecule has 1 saturated heterocycles. The van der Waals surface area contributed by atoms with E-state index in [2.05, 4.69) is 4.74 Å². The molecule has 0 bridgehead atoms. The van der Waals surface area contributed by atoms with Crippen molar-refractivity contribution in [1.29, 1.82) is 0 Å². The third kappa shape index (κ3) is 4.96.